The summed E-state index contributed by atoms with van der Waals surface area (Å²) in [4.78, 5) is 4.88. The van der Waals surface area contributed by atoms with Crippen LogP contribution in [0.4, 0.5) is 0 Å². The summed E-state index contributed by atoms with van der Waals surface area (Å²) in [6.45, 7) is 19.6. The lowest BCUT2D eigenvalue weighted by molar-refractivity contribution is -0.566. The molecule has 4 heterocycles. The molecule has 0 bridgehead atoms. The van der Waals surface area contributed by atoms with Crippen molar-refractivity contribution >= 4 is 59.7 Å². The Balaban J connectivity index is 1.08. The Kier molecular flexibility index (Phi) is 10.6. The summed E-state index contributed by atoms with van der Waals surface area (Å²) < 4.78 is 33.6. The van der Waals surface area contributed by atoms with Crippen molar-refractivity contribution in [3.63, 3.8) is 0 Å². The van der Waals surface area contributed by atoms with Gasteiger partial charge >= 0.3 is 21.4 Å². The molecule has 322 valence electrons. The third kappa shape index (κ3) is 8.07. The first-order valence-electron chi connectivity index (χ1n) is 22.6. The summed E-state index contributed by atoms with van der Waals surface area (Å²) in [6.07, 6.45) is 4.08. The van der Waals surface area contributed by atoms with Crippen LogP contribution in [0.1, 0.15) is 67.9 Å². The van der Waals surface area contributed by atoms with E-state index in [0.29, 0.717) is 0 Å². The quantitative estimate of drug-likeness (QED) is 0.118. The Labute approximate surface area is 383 Å². The van der Waals surface area contributed by atoms with Gasteiger partial charge in [-0.1, -0.05) is 147 Å². The normalized spacial score (nSPS) is 14.0. The number of ether oxygens (including phenoxy) is 1. The lowest BCUT2D eigenvalue weighted by Crippen LogP contribution is -2.60. The van der Waals surface area contributed by atoms with Crippen molar-refractivity contribution in [1.82, 2.24) is 14.1 Å². The van der Waals surface area contributed by atoms with E-state index in [1.54, 1.807) is 0 Å². The molecule has 10 rings (SSSR count). The number of rotatable bonds is 7. The average molecular weight is 855 g/mol. The Morgan fingerprint density at radius 2 is 1.23 bits per heavy atom. The molecule has 0 saturated carbocycles. The Bertz CT molecular complexity index is 3200. The summed E-state index contributed by atoms with van der Waals surface area (Å²) >= 11 is 0. The van der Waals surface area contributed by atoms with E-state index in [2.05, 4.69) is 222 Å². The first kappa shape index (κ1) is 42.6. The van der Waals surface area contributed by atoms with E-state index >= 15 is 0 Å². The van der Waals surface area contributed by atoms with Crippen molar-refractivity contribution in [2.75, 3.05) is 0 Å². The van der Waals surface area contributed by atoms with Crippen molar-refractivity contribution in [2.45, 2.75) is 78.4 Å². The summed E-state index contributed by atoms with van der Waals surface area (Å²) in [7, 11) is -1.68. The van der Waals surface area contributed by atoms with Crippen molar-refractivity contribution in [3.05, 3.63) is 170 Å². The third-order valence-corrected chi connectivity index (χ3v) is 12.3. The van der Waals surface area contributed by atoms with Crippen LogP contribution in [0, 0.1) is 0 Å². The standard InChI is InChI=1S/C54H54B3N4O4/c1-52(2,3)38-31-32-58-50(33-38)61-46-26-14-13-23-43(46)44-30-29-41(35-49(44)61)62-40-22-17-21-39(34-40)59-36-60(48-28-16-15-27-47(48)59)51-42(37-19-11-10-12-20-37)24-18-25-45(51)55-63-56(53(4,5)6)65-57(64-55)54(7,8)9/h10-36H,1-9H3/q+1. The molecule has 0 radical (unpaired) electrons. The van der Waals surface area contributed by atoms with Crippen molar-refractivity contribution < 1.29 is 23.0 Å². The van der Waals surface area contributed by atoms with Crippen molar-refractivity contribution in [2.24, 2.45) is 0 Å². The molecule has 65 heavy (non-hydrogen) atoms. The molecule has 0 spiro atoms. The second-order valence-electron chi connectivity index (χ2n) is 20.4. The van der Waals surface area contributed by atoms with Crippen LogP contribution in [-0.2, 0) is 19.1 Å². The van der Waals surface area contributed by atoms with Crippen LogP contribution in [0.5, 0.6) is 11.5 Å². The van der Waals surface area contributed by atoms with E-state index in [1.807, 2.05) is 18.3 Å². The number of hydrogen-bond donors (Lipinski definition) is 0. The first-order valence-corrected chi connectivity index (χ1v) is 22.6. The van der Waals surface area contributed by atoms with Gasteiger partial charge in [0, 0.05) is 40.1 Å². The molecule has 1 fully saturated rings. The minimum Gasteiger partial charge on any atom is -0.457 e. The SMILES string of the molecule is CC(C)(C)B1OB(c2cccc(-c3ccccc3)c2-[n+]2cn(-c3cccc(Oc4ccc5c6ccccc6n(-c6cc(C(C)(C)C)ccn6)c5c4)c3)c3ccccc32)OB(C(C)(C)C)O1. The maximum absolute atomic E-state index is 6.80. The minimum absolute atomic E-state index is 0.0211. The molecule has 1 aliphatic heterocycles. The van der Waals surface area contributed by atoms with Gasteiger partial charge in [0.25, 0.3) is 6.33 Å². The van der Waals surface area contributed by atoms with Crippen LogP contribution in [0.25, 0.3) is 61.2 Å². The average Bonchev–Trinajstić information content (AvgIpc) is 3.84. The van der Waals surface area contributed by atoms with Gasteiger partial charge in [0.1, 0.15) is 28.7 Å². The van der Waals surface area contributed by atoms with E-state index in [4.69, 9.17) is 23.4 Å². The highest BCUT2D eigenvalue weighted by Crippen LogP contribution is 2.39. The van der Waals surface area contributed by atoms with Crippen molar-refractivity contribution in [1.29, 1.82) is 0 Å². The predicted octanol–water partition coefficient (Wildman–Crippen LogP) is 12.5. The van der Waals surface area contributed by atoms with E-state index < -0.39 is 21.4 Å². The van der Waals surface area contributed by atoms with Gasteiger partial charge in [0.2, 0.25) is 0 Å². The fourth-order valence-corrected chi connectivity index (χ4v) is 8.86. The van der Waals surface area contributed by atoms with Gasteiger partial charge < -0.3 is 18.5 Å². The summed E-state index contributed by atoms with van der Waals surface area (Å²) in [5.74, 6) is 2.33. The van der Waals surface area contributed by atoms with E-state index in [9.17, 15) is 0 Å². The number of benzene rings is 6. The van der Waals surface area contributed by atoms with E-state index in [1.165, 1.54) is 10.9 Å². The van der Waals surface area contributed by atoms with E-state index in [-0.39, 0.29) is 16.0 Å². The number of fused-ring (bicyclic) bond motifs is 4. The zero-order valence-electron chi connectivity index (χ0n) is 38.7. The third-order valence-electron chi connectivity index (χ3n) is 12.3. The van der Waals surface area contributed by atoms with Crippen LogP contribution in [-0.4, -0.2) is 35.5 Å². The highest BCUT2D eigenvalue weighted by Gasteiger charge is 2.52. The Hall–Kier alpha value is -6.39. The highest BCUT2D eigenvalue weighted by molar-refractivity contribution is 6.81. The smallest absolute Gasteiger partial charge is 0.457 e. The monoisotopic (exact) mass is 855 g/mol. The Morgan fingerprint density at radius 3 is 1.97 bits per heavy atom. The molecule has 0 N–H and O–H groups in total. The number of nitrogens with zero attached hydrogens (tertiary/aromatic N) is 4. The molecule has 11 heteroatoms. The largest absolute Gasteiger partial charge is 0.470 e. The maximum atomic E-state index is 6.80. The molecule has 9 aromatic rings. The van der Waals surface area contributed by atoms with Crippen LogP contribution in [0.15, 0.2) is 164 Å². The molecular formula is C54H54B3N4O4+. The zero-order chi connectivity index (χ0) is 45.3. The van der Waals surface area contributed by atoms with Crippen LogP contribution in [0.3, 0.4) is 0 Å². The molecule has 1 aliphatic rings. The second-order valence-corrected chi connectivity index (χ2v) is 20.4. The van der Waals surface area contributed by atoms with Gasteiger partial charge in [-0.15, -0.1) is 0 Å². The van der Waals surface area contributed by atoms with Gasteiger partial charge in [-0.3, -0.25) is 4.57 Å². The fourth-order valence-electron chi connectivity index (χ4n) is 8.86. The molecule has 0 atom stereocenters. The predicted molar refractivity (Wildman–Crippen MR) is 267 cm³/mol. The zero-order valence-corrected chi connectivity index (χ0v) is 38.7. The van der Waals surface area contributed by atoms with Gasteiger partial charge in [-0.05, 0) is 81.8 Å². The lowest BCUT2D eigenvalue weighted by Gasteiger charge is -2.41. The van der Waals surface area contributed by atoms with Crippen molar-refractivity contribution in [3.8, 4) is 39.8 Å². The summed E-state index contributed by atoms with van der Waals surface area (Å²) in [5, 5.41) is 1.72. The van der Waals surface area contributed by atoms with Crippen LogP contribution >= 0.6 is 0 Å². The summed E-state index contributed by atoms with van der Waals surface area (Å²) in [5.41, 5.74) is 10.4. The van der Waals surface area contributed by atoms with Crippen LogP contribution in [0.2, 0.25) is 10.6 Å². The van der Waals surface area contributed by atoms with Gasteiger partial charge in [-0.2, -0.15) is 9.13 Å². The molecule has 0 aliphatic carbocycles. The molecule has 6 aromatic carbocycles. The molecule has 0 unspecified atom stereocenters. The Morgan fingerprint density at radius 1 is 0.569 bits per heavy atom. The first-order chi connectivity index (χ1) is 31.1. The van der Waals surface area contributed by atoms with E-state index in [0.717, 1.165) is 72.7 Å². The summed E-state index contributed by atoms with van der Waals surface area (Å²) in [6, 6.07) is 52.9. The molecule has 3 aromatic heterocycles. The number of hydrogen-bond acceptors (Lipinski definition) is 5. The maximum Gasteiger partial charge on any atom is 0.470 e. The number of pyridine rings is 1. The molecule has 1 saturated heterocycles. The van der Waals surface area contributed by atoms with Gasteiger partial charge in [0.15, 0.2) is 11.0 Å². The van der Waals surface area contributed by atoms with Gasteiger partial charge in [-0.25, -0.2) is 4.98 Å². The number of para-hydroxylation sites is 4. The molecule has 8 nitrogen and oxygen atoms in total. The second kappa shape index (κ2) is 16.2. The molecular weight excluding hydrogens is 801 g/mol. The lowest BCUT2D eigenvalue weighted by atomic mass is 9.50. The highest BCUT2D eigenvalue weighted by atomic mass is 16.7. The van der Waals surface area contributed by atoms with Gasteiger partial charge in [0.05, 0.1) is 11.0 Å². The fraction of sp³-hybridized carbons (Fsp3) is 0.222. The number of aromatic nitrogens is 4. The molecule has 0 amide bonds. The minimum atomic E-state index is -0.698. The topological polar surface area (TPSA) is 63.6 Å². The number of imidazole rings is 1. The van der Waals surface area contributed by atoms with Crippen LogP contribution < -0.4 is 14.8 Å².